The summed E-state index contributed by atoms with van der Waals surface area (Å²) in [4.78, 5) is 21.5. The molecule has 4 heteroatoms. The van der Waals surface area contributed by atoms with Crippen molar-refractivity contribution in [2.24, 2.45) is 5.92 Å². The summed E-state index contributed by atoms with van der Waals surface area (Å²) in [6.07, 6.45) is 2.93. The fourth-order valence-corrected chi connectivity index (χ4v) is 1.39. The average Bonchev–Trinajstić information content (AvgIpc) is 2.02. The number of aliphatic carboxylic acids is 2. The first-order valence-corrected chi connectivity index (χ1v) is 3.99. The quantitative estimate of drug-likeness (QED) is 0.692. The Hall–Kier alpha value is -1.84. The summed E-state index contributed by atoms with van der Waals surface area (Å²) in [5.74, 6) is -3.15. The summed E-state index contributed by atoms with van der Waals surface area (Å²) in [5.41, 5.74) is 0.657. The van der Waals surface area contributed by atoms with Crippen molar-refractivity contribution in [1.82, 2.24) is 0 Å². The summed E-state index contributed by atoms with van der Waals surface area (Å²) >= 11 is 0. The molecule has 1 atom stereocenters. The van der Waals surface area contributed by atoms with E-state index in [-0.39, 0.29) is 11.1 Å². The third-order valence-electron chi connectivity index (χ3n) is 2.11. The molecular weight excluding hydrogens is 184 g/mol. The van der Waals surface area contributed by atoms with Crippen molar-refractivity contribution in [1.29, 1.82) is 0 Å². The number of carboxylic acids is 2. The van der Waals surface area contributed by atoms with Crippen molar-refractivity contribution in [2.45, 2.75) is 6.92 Å². The van der Waals surface area contributed by atoms with Crippen LogP contribution in [-0.4, -0.2) is 22.2 Å². The van der Waals surface area contributed by atoms with Gasteiger partial charge in [0, 0.05) is 0 Å². The first-order chi connectivity index (χ1) is 6.45. The Bertz CT molecular complexity index is 374. The molecule has 1 unspecified atom stereocenters. The van der Waals surface area contributed by atoms with Crippen molar-refractivity contribution in [3.8, 4) is 0 Å². The fraction of sp³-hybridized carbons (Fsp3) is 0.200. The van der Waals surface area contributed by atoms with E-state index in [9.17, 15) is 9.59 Å². The maximum absolute atomic E-state index is 10.8. The molecule has 0 bridgehead atoms. The zero-order valence-corrected chi connectivity index (χ0v) is 7.65. The van der Waals surface area contributed by atoms with Crippen molar-refractivity contribution >= 4 is 11.9 Å². The van der Waals surface area contributed by atoms with Crippen LogP contribution in [0.1, 0.15) is 6.92 Å². The van der Waals surface area contributed by atoms with Crippen LogP contribution in [0.5, 0.6) is 0 Å². The number of rotatable bonds is 2. The SMILES string of the molecule is C=C1C(C(=O)O)=C(C)C=CC1C(=O)O. The van der Waals surface area contributed by atoms with Gasteiger partial charge in [0.15, 0.2) is 0 Å². The van der Waals surface area contributed by atoms with Gasteiger partial charge in [0.25, 0.3) is 0 Å². The lowest BCUT2D eigenvalue weighted by molar-refractivity contribution is -0.138. The van der Waals surface area contributed by atoms with E-state index >= 15 is 0 Å². The Morgan fingerprint density at radius 2 is 2.00 bits per heavy atom. The van der Waals surface area contributed by atoms with E-state index in [0.717, 1.165) is 0 Å². The van der Waals surface area contributed by atoms with Gasteiger partial charge >= 0.3 is 11.9 Å². The van der Waals surface area contributed by atoms with Crippen LogP contribution in [-0.2, 0) is 9.59 Å². The van der Waals surface area contributed by atoms with Gasteiger partial charge in [-0.3, -0.25) is 4.79 Å². The summed E-state index contributed by atoms with van der Waals surface area (Å²) in [6, 6.07) is 0. The van der Waals surface area contributed by atoms with E-state index in [1.54, 1.807) is 6.92 Å². The molecule has 0 aromatic heterocycles. The standard InChI is InChI=1S/C10H10O4/c1-5-3-4-7(9(11)12)6(2)8(5)10(13)14/h3-4,7H,2H2,1H3,(H,11,12)(H,13,14). The Morgan fingerprint density at radius 1 is 1.43 bits per heavy atom. The summed E-state index contributed by atoms with van der Waals surface area (Å²) in [6.45, 7) is 5.11. The van der Waals surface area contributed by atoms with Crippen LogP contribution in [0.3, 0.4) is 0 Å². The maximum atomic E-state index is 10.8. The molecule has 2 N–H and O–H groups in total. The van der Waals surface area contributed by atoms with Gasteiger partial charge in [0.2, 0.25) is 0 Å². The van der Waals surface area contributed by atoms with E-state index in [2.05, 4.69) is 6.58 Å². The minimum absolute atomic E-state index is 0.0000926. The molecule has 0 fully saturated rings. The fourth-order valence-electron chi connectivity index (χ4n) is 1.39. The van der Waals surface area contributed by atoms with Gasteiger partial charge in [-0.15, -0.1) is 0 Å². The Labute approximate surface area is 80.9 Å². The van der Waals surface area contributed by atoms with E-state index in [1.165, 1.54) is 12.2 Å². The molecule has 0 saturated heterocycles. The van der Waals surface area contributed by atoms with Gasteiger partial charge in [-0.05, 0) is 18.1 Å². The van der Waals surface area contributed by atoms with E-state index < -0.39 is 17.9 Å². The van der Waals surface area contributed by atoms with Crippen LogP contribution in [0.4, 0.5) is 0 Å². The number of carboxylic acid groups (broad SMARTS) is 2. The van der Waals surface area contributed by atoms with Crippen LogP contribution < -0.4 is 0 Å². The summed E-state index contributed by atoms with van der Waals surface area (Å²) in [5, 5.41) is 17.6. The van der Waals surface area contributed by atoms with Gasteiger partial charge in [-0.2, -0.15) is 0 Å². The zero-order chi connectivity index (χ0) is 10.9. The monoisotopic (exact) mass is 194 g/mol. The molecule has 0 spiro atoms. The minimum Gasteiger partial charge on any atom is -0.481 e. The predicted molar refractivity (Wildman–Crippen MR) is 49.7 cm³/mol. The first kappa shape index (κ1) is 10.2. The highest BCUT2D eigenvalue weighted by atomic mass is 16.4. The number of allylic oxidation sites excluding steroid dienone is 2. The number of hydrogen-bond donors (Lipinski definition) is 2. The highest BCUT2D eigenvalue weighted by Crippen LogP contribution is 2.28. The van der Waals surface area contributed by atoms with Gasteiger partial charge in [-0.25, -0.2) is 4.79 Å². The van der Waals surface area contributed by atoms with E-state index in [0.29, 0.717) is 5.57 Å². The van der Waals surface area contributed by atoms with Crippen LogP contribution in [0.25, 0.3) is 0 Å². The third kappa shape index (κ3) is 1.59. The van der Waals surface area contributed by atoms with Crippen molar-refractivity contribution < 1.29 is 19.8 Å². The lowest BCUT2D eigenvalue weighted by Crippen LogP contribution is -2.21. The van der Waals surface area contributed by atoms with Crippen LogP contribution >= 0.6 is 0 Å². The third-order valence-corrected chi connectivity index (χ3v) is 2.11. The lowest BCUT2D eigenvalue weighted by atomic mass is 9.86. The molecule has 14 heavy (non-hydrogen) atoms. The van der Waals surface area contributed by atoms with Crippen molar-refractivity contribution in [3.63, 3.8) is 0 Å². The normalized spacial score (nSPS) is 21.2. The Kier molecular flexibility index (Phi) is 2.56. The van der Waals surface area contributed by atoms with Gasteiger partial charge in [0.05, 0.1) is 5.57 Å². The van der Waals surface area contributed by atoms with Crippen LogP contribution in [0.2, 0.25) is 0 Å². The minimum atomic E-state index is -1.14. The second-order valence-electron chi connectivity index (χ2n) is 3.06. The van der Waals surface area contributed by atoms with Crippen LogP contribution in [0, 0.1) is 5.92 Å². The van der Waals surface area contributed by atoms with Gasteiger partial charge < -0.3 is 10.2 Å². The van der Waals surface area contributed by atoms with Gasteiger partial charge in [-0.1, -0.05) is 18.7 Å². The van der Waals surface area contributed by atoms with Crippen molar-refractivity contribution in [2.75, 3.05) is 0 Å². The zero-order valence-electron chi connectivity index (χ0n) is 7.65. The molecule has 0 saturated carbocycles. The molecule has 1 aliphatic rings. The Morgan fingerprint density at radius 3 is 2.43 bits per heavy atom. The number of carbonyl (C=O) groups is 2. The topological polar surface area (TPSA) is 74.6 Å². The van der Waals surface area contributed by atoms with E-state index in [1.807, 2.05) is 0 Å². The molecular formula is C10H10O4. The molecule has 0 aliphatic heterocycles. The molecule has 0 aromatic rings. The molecule has 4 nitrogen and oxygen atoms in total. The molecule has 0 radical (unpaired) electrons. The molecule has 0 amide bonds. The molecule has 1 aliphatic carbocycles. The molecule has 74 valence electrons. The molecule has 0 heterocycles. The highest BCUT2D eigenvalue weighted by Gasteiger charge is 2.28. The van der Waals surface area contributed by atoms with Crippen molar-refractivity contribution in [3.05, 3.63) is 35.5 Å². The predicted octanol–water partition coefficient (Wildman–Crippen LogP) is 1.21. The largest absolute Gasteiger partial charge is 0.481 e. The lowest BCUT2D eigenvalue weighted by Gasteiger charge is -2.18. The van der Waals surface area contributed by atoms with Crippen LogP contribution in [0.15, 0.2) is 35.5 Å². The Balaban J connectivity index is 3.16. The summed E-state index contributed by atoms with van der Waals surface area (Å²) < 4.78 is 0. The maximum Gasteiger partial charge on any atom is 0.336 e. The van der Waals surface area contributed by atoms with E-state index in [4.69, 9.17) is 10.2 Å². The first-order valence-electron chi connectivity index (χ1n) is 3.99. The second kappa shape index (κ2) is 3.49. The average molecular weight is 194 g/mol. The van der Waals surface area contributed by atoms with Gasteiger partial charge in [0.1, 0.15) is 5.92 Å². The highest BCUT2D eigenvalue weighted by molar-refractivity contribution is 5.96. The summed E-state index contributed by atoms with van der Waals surface area (Å²) in [7, 11) is 0. The number of hydrogen-bond acceptors (Lipinski definition) is 2. The smallest absolute Gasteiger partial charge is 0.336 e. The second-order valence-corrected chi connectivity index (χ2v) is 3.06. The molecule has 1 rings (SSSR count). The molecule has 0 aromatic carbocycles.